The number of halogens is 1. The Hall–Kier alpha value is -4.12. The first-order valence-electron chi connectivity index (χ1n) is 11.2. The molecule has 2 aromatic heterocycles. The van der Waals surface area contributed by atoms with Crippen molar-refractivity contribution >= 4 is 38.4 Å². The Morgan fingerprint density at radius 1 is 1.11 bits per heavy atom. The van der Waals surface area contributed by atoms with Gasteiger partial charge < -0.3 is 11.1 Å². The number of nitrogens with one attached hydrogen (secondary N) is 1. The van der Waals surface area contributed by atoms with E-state index in [0.717, 1.165) is 0 Å². The number of nitrogens with zero attached hydrogens (tertiary/aromatic N) is 3. The number of benzene rings is 2. The van der Waals surface area contributed by atoms with E-state index >= 15 is 0 Å². The lowest BCUT2D eigenvalue weighted by Gasteiger charge is -2.13. The van der Waals surface area contributed by atoms with E-state index in [9.17, 15) is 22.4 Å². The Balaban J connectivity index is 1.68. The van der Waals surface area contributed by atoms with Crippen LogP contribution in [0.2, 0.25) is 0 Å². The molecule has 184 valence electrons. The predicted octanol–water partition coefficient (Wildman–Crippen LogP) is 3.26. The van der Waals surface area contributed by atoms with Gasteiger partial charge in [0.2, 0.25) is 0 Å². The SMILES string of the molecule is Cc1nn(C2CCS(=O)(=O)C2)c2nc(-c3ccc(F)cc3)cc(C(=O)Nc3ccccc3C(N)=O)c12. The first kappa shape index (κ1) is 23.6. The second-order valence-electron chi connectivity index (χ2n) is 8.71. The summed E-state index contributed by atoms with van der Waals surface area (Å²) in [5, 5.41) is 7.76. The van der Waals surface area contributed by atoms with Crippen molar-refractivity contribution in [3.05, 3.63) is 77.2 Å². The first-order valence-corrected chi connectivity index (χ1v) is 13.0. The molecule has 0 spiro atoms. The van der Waals surface area contributed by atoms with Crippen LogP contribution in [0, 0.1) is 12.7 Å². The standard InChI is InChI=1S/C25H22FN5O4S/c1-14-22-19(25(33)29-20-5-3-2-4-18(20)23(27)32)12-21(15-6-8-16(26)9-7-15)28-24(22)31(30-14)17-10-11-36(34,35)13-17/h2-9,12,17H,10-11,13H2,1H3,(H2,27,32)(H,29,33). The number of fused-ring (bicyclic) bond motifs is 1. The topological polar surface area (TPSA) is 137 Å². The van der Waals surface area contributed by atoms with Gasteiger partial charge in [0.15, 0.2) is 15.5 Å². The Morgan fingerprint density at radius 2 is 1.83 bits per heavy atom. The van der Waals surface area contributed by atoms with Gasteiger partial charge >= 0.3 is 0 Å². The summed E-state index contributed by atoms with van der Waals surface area (Å²) >= 11 is 0. The molecule has 1 unspecified atom stereocenters. The van der Waals surface area contributed by atoms with Crippen molar-refractivity contribution in [3.8, 4) is 11.3 Å². The number of primary amides is 1. The summed E-state index contributed by atoms with van der Waals surface area (Å²) in [4.78, 5) is 30.1. The molecule has 4 aromatic rings. The van der Waals surface area contributed by atoms with E-state index in [1.54, 1.807) is 48.0 Å². The van der Waals surface area contributed by atoms with Crippen LogP contribution < -0.4 is 11.1 Å². The fourth-order valence-electron chi connectivity index (χ4n) is 4.48. The highest BCUT2D eigenvalue weighted by molar-refractivity contribution is 7.91. The molecule has 1 aliphatic rings. The summed E-state index contributed by atoms with van der Waals surface area (Å²) in [6, 6.07) is 13.2. The van der Waals surface area contributed by atoms with Crippen LogP contribution in [-0.4, -0.2) is 46.5 Å². The molecular formula is C25H22FN5O4S. The van der Waals surface area contributed by atoms with E-state index in [-0.39, 0.29) is 28.3 Å². The summed E-state index contributed by atoms with van der Waals surface area (Å²) < 4.78 is 39.4. The summed E-state index contributed by atoms with van der Waals surface area (Å²) in [5.74, 6) is -1.66. The van der Waals surface area contributed by atoms with Gasteiger partial charge in [0.25, 0.3) is 11.8 Å². The molecule has 3 heterocycles. The minimum absolute atomic E-state index is 0.0486. The van der Waals surface area contributed by atoms with Gasteiger partial charge in [0.1, 0.15) is 5.82 Å². The third kappa shape index (κ3) is 4.33. The number of anilines is 1. The zero-order valence-electron chi connectivity index (χ0n) is 19.2. The van der Waals surface area contributed by atoms with Crippen molar-refractivity contribution in [1.82, 2.24) is 14.8 Å². The number of aromatic nitrogens is 3. The van der Waals surface area contributed by atoms with Crippen molar-refractivity contribution < 1.29 is 22.4 Å². The molecule has 11 heteroatoms. The quantitative estimate of drug-likeness (QED) is 0.425. The number of hydrogen-bond acceptors (Lipinski definition) is 6. The number of pyridine rings is 1. The molecule has 0 aliphatic carbocycles. The number of sulfone groups is 1. The highest BCUT2D eigenvalue weighted by atomic mass is 32.2. The zero-order valence-corrected chi connectivity index (χ0v) is 20.0. The van der Waals surface area contributed by atoms with Crippen LogP contribution in [0.4, 0.5) is 10.1 Å². The number of hydrogen-bond donors (Lipinski definition) is 2. The predicted molar refractivity (Wildman–Crippen MR) is 133 cm³/mol. The smallest absolute Gasteiger partial charge is 0.256 e. The molecular weight excluding hydrogens is 485 g/mol. The fraction of sp³-hybridized carbons (Fsp3) is 0.200. The average Bonchev–Trinajstić information content (AvgIpc) is 3.37. The van der Waals surface area contributed by atoms with Gasteiger partial charge in [0, 0.05) is 5.56 Å². The van der Waals surface area contributed by atoms with E-state index in [0.29, 0.717) is 34.4 Å². The average molecular weight is 508 g/mol. The van der Waals surface area contributed by atoms with Crippen LogP contribution >= 0.6 is 0 Å². The normalized spacial score (nSPS) is 16.8. The molecule has 1 fully saturated rings. The third-order valence-electron chi connectivity index (χ3n) is 6.22. The highest BCUT2D eigenvalue weighted by Crippen LogP contribution is 2.32. The monoisotopic (exact) mass is 507 g/mol. The molecule has 0 bridgehead atoms. The molecule has 36 heavy (non-hydrogen) atoms. The van der Waals surface area contributed by atoms with E-state index in [4.69, 9.17) is 10.7 Å². The minimum atomic E-state index is -3.20. The molecule has 1 atom stereocenters. The third-order valence-corrected chi connectivity index (χ3v) is 7.97. The van der Waals surface area contributed by atoms with Crippen molar-refractivity contribution in [2.75, 3.05) is 16.8 Å². The summed E-state index contributed by atoms with van der Waals surface area (Å²) in [6.07, 6.45) is 0.383. The zero-order chi connectivity index (χ0) is 25.6. The lowest BCUT2D eigenvalue weighted by atomic mass is 10.0. The van der Waals surface area contributed by atoms with E-state index < -0.39 is 33.5 Å². The van der Waals surface area contributed by atoms with Gasteiger partial charge in [-0.15, -0.1) is 0 Å². The van der Waals surface area contributed by atoms with Gasteiger partial charge in [0.05, 0.1) is 51.1 Å². The number of para-hydroxylation sites is 1. The maximum atomic E-state index is 13.6. The minimum Gasteiger partial charge on any atom is -0.366 e. The molecule has 2 aromatic carbocycles. The molecule has 0 saturated carbocycles. The van der Waals surface area contributed by atoms with E-state index in [1.807, 2.05) is 0 Å². The lowest BCUT2D eigenvalue weighted by molar-refractivity contribution is 0.100. The Morgan fingerprint density at radius 3 is 2.50 bits per heavy atom. The molecule has 0 radical (unpaired) electrons. The second-order valence-corrected chi connectivity index (χ2v) is 10.9. The van der Waals surface area contributed by atoms with Crippen molar-refractivity contribution in [2.45, 2.75) is 19.4 Å². The molecule has 9 nitrogen and oxygen atoms in total. The number of rotatable bonds is 5. The number of amides is 2. The van der Waals surface area contributed by atoms with Gasteiger partial charge in [-0.3, -0.25) is 9.59 Å². The summed E-state index contributed by atoms with van der Waals surface area (Å²) in [7, 11) is -3.20. The van der Waals surface area contributed by atoms with Gasteiger partial charge in [-0.1, -0.05) is 12.1 Å². The van der Waals surface area contributed by atoms with Gasteiger partial charge in [-0.25, -0.2) is 22.5 Å². The van der Waals surface area contributed by atoms with Crippen LogP contribution in [0.15, 0.2) is 54.6 Å². The lowest BCUT2D eigenvalue weighted by Crippen LogP contribution is -2.19. The highest BCUT2D eigenvalue weighted by Gasteiger charge is 2.32. The maximum absolute atomic E-state index is 13.6. The van der Waals surface area contributed by atoms with Crippen LogP contribution in [0.5, 0.6) is 0 Å². The van der Waals surface area contributed by atoms with Crippen LogP contribution in [0.3, 0.4) is 0 Å². The molecule has 3 N–H and O–H groups in total. The summed E-state index contributed by atoms with van der Waals surface area (Å²) in [6.45, 7) is 1.72. The van der Waals surface area contributed by atoms with Crippen molar-refractivity contribution in [2.24, 2.45) is 5.73 Å². The van der Waals surface area contributed by atoms with Crippen LogP contribution in [0.1, 0.15) is 38.9 Å². The largest absolute Gasteiger partial charge is 0.366 e. The molecule has 5 rings (SSSR count). The van der Waals surface area contributed by atoms with Gasteiger partial charge in [-0.2, -0.15) is 5.10 Å². The van der Waals surface area contributed by atoms with E-state index in [1.165, 1.54) is 18.2 Å². The summed E-state index contributed by atoms with van der Waals surface area (Å²) in [5.41, 5.74) is 7.88. The van der Waals surface area contributed by atoms with Crippen LogP contribution in [-0.2, 0) is 9.84 Å². The Kier molecular flexibility index (Phi) is 5.79. The fourth-order valence-corrected chi connectivity index (χ4v) is 6.17. The second kappa shape index (κ2) is 8.83. The molecule has 1 aliphatic heterocycles. The number of carbonyl (C=O) groups is 2. The first-order chi connectivity index (χ1) is 17.1. The van der Waals surface area contributed by atoms with Gasteiger partial charge in [-0.05, 0) is 55.8 Å². The number of aryl methyl sites for hydroxylation is 1. The maximum Gasteiger partial charge on any atom is 0.256 e. The molecule has 2 amide bonds. The Bertz CT molecular complexity index is 1630. The van der Waals surface area contributed by atoms with Crippen molar-refractivity contribution in [1.29, 1.82) is 0 Å². The Labute approximate surface area is 206 Å². The van der Waals surface area contributed by atoms with Crippen molar-refractivity contribution in [3.63, 3.8) is 0 Å². The van der Waals surface area contributed by atoms with E-state index in [2.05, 4.69) is 10.4 Å². The molecule has 1 saturated heterocycles. The number of carbonyl (C=O) groups excluding carboxylic acids is 2. The number of nitrogens with two attached hydrogens (primary N) is 1. The van der Waals surface area contributed by atoms with Crippen LogP contribution in [0.25, 0.3) is 22.3 Å².